The summed E-state index contributed by atoms with van der Waals surface area (Å²) in [6.45, 7) is 1.91. The van der Waals surface area contributed by atoms with Crippen molar-refractivity contribution >= 4 is 11.2 Å². The van der Waals surface area contributed by atoms with Crippen LogP contribution in [-0.4, -0.2) is 84.0 Å². The third-order valence-electron chi connectivity index (χ3n) is 7.19. The molecule has 0 aliphatic carbocycles. The number of aryl methyl sites for hydroxylation is 1. The molecule has 2 heterocycles. The first-order chi connectivity index (χ1) is 19.6. The first-order valence-corrected chi connectivity index (χ1v) is 13.3. The van der Waals surface area contributed by atoms with Gasteiger partial charge in [0, 0.05) is 33.2 Å². The van der Waals surface area contributed by atoms with Crippen molar-refractivity contribution in [3.63, 3.8) is 0 Å². The average Bonchev–Trinajstić information content (AvgIpc) is 3.40. The molecule has 4 rings (SSSR count). The number of para-hydroxylation sites is 2. The molecular formula is C29H37N5O7. The number of methoxy groups -OCH3 is 1. The molecule has 0 saturated carbocycles. The van der Waals surface area contributed by atoms with Gasteiger partial charge < -0.3 is 29.4 Å². The minimum absolute atomic E-state index is 0.00239. The minimum atomic E-state index is -1.01. The fraction of sp³-hybridized carbons (Fsp3) is 0.414. The van der Waals surface area contributed by atoms with E-state index in [0.717, 1.165) is 4.57 Å². The molecule has 0 bridgehead atoms. The summed E-state index contributed by atoms with van der Waals surface area (Å²) >= 11 is 0. The Morgan fingerprint density at radius 1 is 0.902 bits per heavy atom. The largest absolute Gasteiger partial charge is 0.493 e. The van der Waals surface area contributed by atoms with Gasteiger partial charge in [-0.05, 0) is 24.6 Å². The Kier molecular flexibility index (Phi) is 9.61. The zero-order valence-electron chi connectivity index (χ0n) is 23.6. The van der Waals surface area contributed by atoms with E-state index in [-0.39, 0.29) is 37.4 Å². The second-order valence-electron chi connectivity index (χ2n) is 10.1. The molecule has 4 atom stereocenters. The number of rotatable bonds is 13. The molecule has 2 aromatic heterocycles. The number of imidazole rings is 1. The van der Waals surface area contributed by atoms with Gasteiger partial charge in [-0.2, -0.15) is 0 Å². The molecule has 4 unspecified atom stereocenters. The van der Waals surface area contributed by atoms with Crippen LogP contribution in [0.5, 0.6) is 11.5 Å². The number of nitrogens with zero attached hydrogens (tertiary/aromatic N) is 5. The normalized spacial score (nSPS) is 14.6. The summed E-state index contributed by atoms with van der Waals surface area (Å²) in [6.07, 6.45) is -1.46. The van der Waals surface area contributed by atoms with Crippen LogP contribution in [-0.2, 0) is 20.6 Å². The van der Waals surface area contributed by atoms with Gasteiger partial charge in [0.25, 0.3) is 5.56 Å². The maximum absolute atomic E-state index is 12.8. The van der Waals surface area contributed by atoms with Crippen LogP contribution in [0.1, 0.15) is 18.6 Å². The zero-order chi connectivity index (χ0) is 29.7. The summed E-state index contributed by atoms with van der Waals surface area (Å²) in [5, 5.41) is 33.2. The van der Waals surface area contributed by atoms with Crippen molar-refractivity contribution in [2.24, 2.45) is 14.1 Å². The van der Waals surface area contributed by atoms with Crippen LogP contribution in [0.25, 0.3) is 11.2 Å². The van der Waals surface area contributed by atoms with E-state index in [1.54, 1.807) is 23.1 Å². The summed E-state index contributed by atoms with van der Waals surface area (Å²) in [7, 11) is 4.45. The van der Waals surface area contributed by atoms with Crippen LogP contribution in [0.15, 0.2) is 70.5 Å². The number of fused-ring (bicyclic) bond motifs is 1. The molecule has 220 valence electrons. The van der Waals surface area contributed by atoms with Gasteiger partial charge in [-0.1, -0.05) is 42.5 Å². The van der Waals surface area contributed by atoms with Crippen molar-refractivity contribution in [3.8, 4) is 11.5 Å². The Morgan fingerprint density at radius 2 is 1.54 bits per heavy atom. The molecule has 12 nitrogen and oxygen atoms in total. The minimum Gasteiger partial charge on any atom is -0.493 e. The van der Waals surface area contributed by atoms with E-state index in [2.05, 4.69) is 4.98 Å². The van der Waals surface area contributed by atoms with Crippen molar-refractivity contribution in [2.75, 3.05) is 26.8 Å². The highest BCUT2D eigenvalue weighted by atomic mass is 16.5. The van der Waals surface area contributed by atoms with Gasteiger partial charge in [0.05, 0.1) is 32.2 Å². The van der Waals surface area contributed by atoms with Crippen LogP contribution in [0.2, 0.25) is 0 Å². The van der Waals surface area contributed by atoms with Gasteiger partial charge in [0.2, 0.25) is 0 Å². The second kappa shape index (κ2) is 13.1. The smallest absolute Gasteiger partial charge is 0.332 e. The summed E-state index contributed by atoms with van der Waals surface area (Å²) in [6, 6.07) is 15.8. The number of aliphatic hydroxyl groups excluding tert-OH is 3. The zero-order valence-corrected chi connectivity index (χ0v) is 23.6. The second-order valence-corrected chi connectivity index (χ2v) is 10.1. The molecule has 0 spiro atoms. The molecular weight excluding hydrogens is 530 g/mol. The number of aromatic nitrogens is 4. The first kappa shape index (κ1) is 30.0. The summed E-state index contributed by atoms with van der Waals surface area (Å²) in [5.74, 6) is 1.03. The van der Waals surface area contributed by atoms with Crippen LogP contribution in [0, 0.1) is 0 Å². The molecule has 0 radical (unpaired) electrons. The van der Waals surface area contributed by atoms with Crippen molar-refractivity contribution in [3.05, 3.63) is 87.3 Å². The molecule has 0 saturated heterocycles. The standard InChI is InChI=1S/C29H37N5O7/c1-19(26(37)20-10-6-5-7-11-20)33(16-22(36)17-41-24-13-9-8-12-23(24)40-4)14-21(35)15-34-18-30-27-25(34)28(38)32(3)29(39)31(27)2/h5-13,18-19,21-22,26,35-37H,14-17H2,1-4H3. The van der Waals surface area contributed by atoms with Crippen molar-refractivity contribution in [1.82, 2.24) is 23.6 Å². The molecule has 0 aliphatic heterocycles. The lowest BCUT2D eigenvalue weighted by atomic mass is 10.0. The molecule has 0 fully saturated rings. The summed E-state index contributed by atoms with van der Waals surface area (Å²) in [5.41, 5.74) is 0.111. The van der Waals surface area contributed by atoms with E-state index >= 15 is 0 Å². The third-order valence-corrected chi connectivity index (χ3v) is 7.19. The van der Waals surface area contributed by atoms with Gasteiger partial charge in [-0.3, -0.25) is 18.8 Å². The summed E-state index contributed by atoms with van der Waals surface area (Å²) in [4.78, 5) is 31.1. The third kappa shape index (κ3) is 6.68. The highest BCUT2D eigenvalue weighted by Crippen LogP contribution is 2.26. The van der Waals surface area contributed by atoms with E-state index in [1.165, 1.54) is 36.7 Å². The van der Waals surface area contributed by atoms with Crippen LogP contribution < -0.4 is 20.7 Å². The van der Waals surface area contributed by atoms with Gasteiger partial charge in [0.1, 0.15) is 12.7 Å². The van der Waals surface area contributed by atoms with E-state index in [1.807, 2.05) is 43.3 Å². The SMILES string of the molecule is COc1ccccc1OCC(O)CN(CC(O)Cn1cnc2c1c(=O)n(C)c(=O)n2C)C(C)C(O)c1ccccc1. The number of benzene rings is 2. The highest BCUT2D eigenvalue weighted by Gasteiger charge is 2.28. The maximum atomic E-state index is 12.8. The fourth-order valence-corrected chi connectivity index (χ4v) is 4.87. The highest BCUT2D eigenvalue weighted by molar-refractivity contribution is 5.69. The van der Waals surface area contributed by atoms with Gasteiger partial charge >= 0.3 is 5.69 Å². The number of hydrogen-bond acceptors (Lipinski definition) is 9. The number of ether oxygens (including phenoxy) is 2. The van der Waals surface area contributed by atoms with Crippen LogP contribution >= 0.6 is 0 Å². The Morgan fingerprint density at radius 3 is 2.22 bits per heavy atom. The predicted molar refractivity (Wildman–Crippen MR) is 153 cm³/mol. The van der Waals surface area contributed by atoms with Gasteiger partial charge in [-0.25, -0.2) is 9.78 Å². The van der Waals surface area contributed by atoms with Crippen LogP contribution in [0.4, 0.5) is 0 Å². The van der Waals surface area contributed by atoms with Gasteiger partial charge in [0.15, 0.2) is 22.7 Å². The Hall–Kier alpha value is -3.97. The van der Waals surface area contributed by atoms with Crippen molar-refractivity contribution in [2.45, 2.75) is 37.8 Å². The molecule has 0 aliphatic rings. The first-order valence-electron chi connectivity index (χ1n) is 13.3. The lowest BCUT2D eigenvalue weighted by Gasteiger charge is -2.35. The fourth-order valence-electron chi connectivity index (χ4n) is 4.87. The molecule has 4 aromatic rings. The van der Waals surface area contributed by atoms with E-state index in [4.69, 9.17) is 9.47 Å². The Bertz CT molecular complexity index is 1570. The quantitative estimate of drug-likeness (QED) is 0.212. The van der Waals surface area contributed by atoms with E-state index < -0.39 is 35.6 Å². The Balaban J connectivity index is 1.53. The molecule has 0 amide bonds. The lowest BCUT2D eigenvalue weighted by molar-refractivity contribution is -0.0106. The number of aliphatic hydroxyl groups is 3. The number of hydrogen-bond donors (Lipinski definition) is 3. The topological polar surface area (TPSA) is 144 Å². The monoisotopic (exact) mass is 567 g/mol. The van der Waals surface area contributed by atoms with Gasteiger partial charge in [-0.15, -0.1) is 0 Å². The van der Waals surface area contributed by atoms with E-state index in [0.29, 0.717) is 17.1 Å². The molecule has 12 heteroatoms. The Labute approximate surface area is 237 Å². The van der Waals surface area contributed by atoms with E-state index in [9.17, 15) is 24.9 Å². The summed E-state index contributed by atoms with van der Waals surface area (Å²) < 4.78 is 14.9. The maximum Gasteiger partial charge on any atom is 0.332 e. The molecule has 2 aromatic carbocycles. The molecule has 3 N–H and O–H groups in total. The molecule has 41 heavy (non-hydrogen) atoms. The predicted octanol–water partition coefficient (Wildman–Crippen LogP) is 0.667. The van der Waals surface area contributed by atoms with Crippen LogP contribution in [0.3, 0.4) is 0 Å². The van der Waals surface area contributed by atoms with Crippen molar-refractivity contribution < 1.29 is 24.8 Å². The lowest BCUT2D eigenvalue weighted by Crippen LogP contribution is -2.47. The van der Waals surface area contributed by atoms with Crippen molar-refractivity contribution in [1.29, 1.82) is 0 Å². The average molecular weight is 568 g/mol.